The molecular formula is C28H38ClN3O4. The number of methoxy groups -OCH3 is 1. The number of nitrogens with zero attached hydrogens (tertiary/aromatic N) is 1. The van der Waals surface area contributed by atoms with Crippen molar-refractivity contribution in [3.8, 4) is 5.75 Å². The maximum Gasteiger partial charge on any atom is 0.315 e. The van der Waals surface area contributed by atoms with Gasteiger partial charge in [0, 0.05) is 30.1 Å². The molecule has 2 aromatic rings. The Kier molecular flexibility index (Phi) is 8.90. The van der Waals surface area contributed by atoms with Crippen LogP contribution in [0.1, 0.15) is 45.2 Å². The number of hydrogen-bond acceptors (Lipinski definition) is 4. The number of ether oxygens (including phenoxy) is 1. The first kappa shape index (κ1) is 27.8. The molecule has 1 saturated heterocycles. The molecule has 0 aliphatic carbocycles. The van der Waals surface area contributed by atoms with Gasteiger partial charge in [-0.15, -0.1) is 0 Å². The molecule has 2 atom stereocenters. The molecule has 1 heterocycles. The summed E-state index contributed by atoms with van der Waals surface area (Å²) >= 11 is 6.03. The van der Waals surface area contributed by atoms with Gasteiger partial charge in [-0.2, -0.15) is 0 Å². The highest BCUT2D eigenvalue weighted by molar-refractivity contribution is 6.30. The fraction of sp³-hybridized carbons (Fsp3) is 0.500. The van der Waals surface area contributed by atoms with Crippen LogP contribution in [0.5, 0.6) is 5.75 Å². The van der Waals surface area contributed by atoms with Crippen molar-refractivity contribution < 1.29 is 19.4 Å². The minimum absolute atomic E-state index is 0.0926. The summed E-state index contributed by atoms with van der Waals surface area (Å²) in [5, 5.41) is 17.9. The second-order valence-corrected chi connectivity index (χ2v) is 10.9. The summed E-state index contributed by atoms with van der Waals surface area (Å²) in [4.78, 5) is 27.9. The fourth-order valence-corrected chi connectivity index (χ4v) is 4.91. The fourth-order valence-electron chi connectivity index (χ4n) is 4.79. The predicted molar refractivity (Wildman–Crippen MR) is 142 cm³/mol. The zero-order chi connectivity index (χ0) is 26.5. The number of halogens is 1. The van der Waals surface area contributed by atoms with Crippen LogP contribution in [-0.4, -0.2) is 54.7 Å². The molecule has 8 heteroatoms. The van der Waals surface area contributed by atoms with Crippen molar-refractivity contribution in [2.45, 2.75) is 52.2 Å². The summed E-state index contributed by atoms with van der Waals surface area (Å²) in [7, 11) is 1.62. The van der Waals surface area contributed by atoms with E-state index in [0.29, 0.717) is 37.5 Å². The van der Waals surface area contributed by atoms with Crippen molar-refractivity contribution >= 4 is 23.5 Å². The second-order valence-electron chi connectivity index (χ2n) is 10.5. The zero-order valence-electron chi connectivity index (χ0n) is 21.8. The van der Waals surface area contributed by atoms with Gasteiger partial charge in [-0.1, -0.05) is 63.6 Å². The van der Waals surface area contributed by atoms with Gasteiger partial charge in [0.15, 0.2) is 0 Å². The van der Waals surface area contributed by atoms with Crippen molar-refractivity contribution in [3.05, 3.63) is 64.7 Å². The lowest BCUT2D eigenvalue weighted by Crippen LogP contribution is -2.61. The second kappa shape index (κ2) is 11.5. The van der Waals surface area contributed by atoms with Gasteiger partial charge in [-0.05, 0) is 54.2 Å². The third-order valence-corrected chi connectivity index (χ3v) is 7.41. The highest BCUT2D eigenvalue weighted by Gasteiger charge is 2.50. The SMILES string of the molecule is COc1ccc(CCNC(=O)N[C@@H](C(=O)N2CCC(O)(c3ccc(Cl)cc3)C(C)(C)C2)C(C)C)cc1. The molecule has 3 amide bonds. The largest absolute Gasteiger partial charge is 0.497 e. The van der Waals surface area contributed by atoms with Crippen LogP contribution in [0.15, 0.2) is 48.5 Å². The number of carbonyl (C=O) groups excluding carboxylic acids is 2. The van der Waals surface area contributed by atoms with Crippen LogP contribution >= 0.6 is 11.6 Å². The zero-order valence-corrected chi connectivity index (χ0v) is 22.6. The van der Waals surface area contributed by atoms with Crippen LogP contribution in [0.2, 0.25) is 5.02 Å². The molecule has 196 valence electrons. The van der Waals surface area contributed by atoms with Gasteiger partial charge in [-0.3, -0.25) is 4.79 Å². The average molecular weight is 516 g/mol. The van der Waals surface area contributed by atoms with E-state index >= 15 is 0 Å². The monoisotopic (exact) mass is 515 g/mol. The van der Waals surface area contributed by atoms with Gasteiger partial charge >= 0.3 is 6.03 Å². The minimum Gasteiger partial charge on any atom is -0.497 e. The van der Waals surface area contributed by atoms with Crippen LogP contribution < -0.4 is 15.4 Å². The average Bonchev–Trinajstić information content (AvgIpc) is 2.84. The number of benzene rings is 2. The van der Waals surface area contributed by atoms with Crippen LogP contribution in [-0.2, 0) is 16.8 Å². The van der Waals surface area contributed by atoms with Crippen LogP contribution in [0.3, 0.4) is 0 Å². The first-order chi connectivity index (χ1) is 17.0. The van der Waals surface area contributed by atoms with Gasteiger partial charge in [0.05, 0.1) is 12.7 Å². The first-order valence-corrected chi connectivity index (χ1v) is 12.8. The molecule has 1 fully saturated rings. The molecule has 1 aliphatic rings. The smallest absolute Gasteiger partial charge is 0.315 e. The van der Waals surface area contributed by atoms with Crippen molar-refractivity contribution in [2.75, 3.05) is 26.7 Å². The van der Waals surface area contributed by atoms with E-state index < -0.39 is 17.1 Å². The highest BCUT2D eigenvalue weighted by Crippen LogP contribution is 2.46. The number of aliphatic hydroxyl groups is 1. The number of nitrogens with one attached hydrogen (secondary N) is 2. The number of carbonyl (C=O) groups is 2. The predicted octanol–water partition coefficient (Wildman–Crippen LogP) is 4.36. The maximum atomic E-state index is 13.5. The summed E-state index contributed by atoms with van der Waals surface area (Å²) in [6.45, 7) is 8.97. The molecule has 0 spiro atoms. The topological polar surface area (TPSA) is 90.9 Å². The molecule has 0 radical (unpaired) electrons. The number of amides is 3. The van der Waals surface area contributed by atoms with Crippen molar-refractivity contribution in [3.63, 3.8) is 0 Å². The lowest BCUT2D eigenvalue weighted by molar-refractivity contribution is -0.155. The van der Waals surface area contributed by atoms with Gasteiger partial charge in [0.2, 0.25) is 5.91 Å². The number of piperidine rings is 1. The van der Waals surface area contributed by atoms with Crippen LogP contribution in [0, 0.1) is 11.3 Å². The molecule has 0 bridgehead atoms. The van der Waals surface area contributed by atoms with E-state index in [9.17, 15) is 14.7 Å². The first-order valence-electron chi connectivity index (χ1n) is 12.4. The Morgan fingerprint density at radius 1 is 1.11 bits per heavy atom. The van der Waals surface area contributed by atoms with E-state index in [1.807, 2.05) is 64.1 Å². The summed E-state index contributed by atoms with van der Waals surface area (Å²) in [5.41, 5.74) is 0.181. The Morgan fingerprint density at radius 3 is 2.31 bits per heavy atom. The maximum absolute atomic E-state index is 13.5. The van der Waals surface area contributed by atoms with Crippen molar-refractivity contribution in [2.24, 2.45) is 11.3 Å². The van der Waals surface area contributed by atoms with E-state index in [4.69, 9.17) is 16.3 Å². The molecule has 0 aromatic heterocycles. The number of urea groups is 1. The van der Waals surface area contributed by atoms with Gasteiger partial charge in [-0.25, -0.2) is 4.79 Å². The Hall–Kier alpha value is -2.77. The number of rotatable bonds is 8. The Labute approximate surface area is 219 Å². The van der Waals surface area contributed by atoms with Crippen molar-refractivity contribution in [1.82, 2.24) is 15.5 Å². The van der Waals surface area contributed by atoms with E-state index in [1.54, 1.807) is 24.1 Å². The van der Waals surface area contributed by atoms with Gasteiger partial charge in [0.1, 0.15) is 11.8 Å². The highest BCUT2D eigenvalue weighted by atomic mass is 35.5. The van der Waals surface area contributed by atoms with Crippen LogP contribution in [0.4, 0.5) is 4.79 Å². The normalized spacial score (nSPS) is 20.1. The number of hydrogen-bond donors (Lipinski definition) is 3. The quantitative estimate of drug-likeness (QED) is 0.487. The summed E-state index contributed by atoms with van der Waals surface area (Å²) in [6, 6.07) is 13.9. The summed E-state index contributed by atoms with van der Waals surface area (Å²) in [5.74, 6) is 0.557. The van der Waals surface area contributed by atoms with E-state index in [-0.39, 0.29) is 17.9 Å². The summed E-state index contributed by atoms with van der Waals surface area (Å²) in [6.07, 6.45) is 1.06. The van der Waals surface area contributed by atoms with Gasteiger partial charge < -0.3 is 25.4 Å². The van der Waals surface area contributed by atoms with E-state index in [1.165, 1.54) is 0 Å². The lowest BCUT2D eigenvalue weighted by Gasteiger charge is -2.51. The third-order valence-electron chi connectivity index (χ3n) is 7.16. The third kappa shape index (κ3) is 6.31. The van der Waals surface area contributed by atoms with Crippen LogP contribution in [0.25, 0.3) is 0 Å². The number of likely N-dealkylation sites (tertiary alicyclic amines) is 1. The van der Waals surface area contributed by atoms with Crippen molar-refractivity contribution in [1.29, 1.82) is 0 Å². The molecule has 1 aliphatic heterocycles. The standard InChI is InChI=1S/C28H38ClN3O4/c1-19(2)24(31-26(34)30-16-14-20-6-12-23(36-5)13-7-20)25(33)32-17-15-28(35,27(3,4)18-32)21-8-10-22(29)11-9-21/h6-13,19,24,35H,14-18H2,1-5H3,(H2,30,31,34)/t24-,28?/m1/s1. The molecule has 3 N–H and O–H groups in total. The van der Waals surface area contributed by atoms with E-state index in [0.717, 1.165) is 16.9 Å². The minimum atomic E-state index is -1.09. The molecule has 3 rings (SSSR count). The molecule has 7 nitrogen and oxygen atoms in total. The molecule has 2 aromatic carbocycles. The molecule has 0 saturated carbocycles. The lowest BCUT2D eigenvalue weighted by atomic mass is 9.66. The van der Waals surface area contributed by atoms with E-state index in [2.05, 4.69) is 10.6 Å². The van der Waals surface area contributed by atoms with Gasteiger partial charge in [0.25, 0.3) is 0 Å². The summed E-state index contributed by atoms with van der Waals surface area (Å²) < 4.78 is 5.17. The Balaban J connectivity index is 1.59. The molecule has 1 unspecified atom stereocenters. The Morgan fingerprint density at radius 2 is 1.75 bits per heavy atom. The molecule has 36 heavy (non-hydrogen) atoms. The Bertz CT molecular complexity index is 1040. The molecular weight excluding hydrogens is 478 g/mol.